The van der Waals surface area contributed by atoms with Gasteiger partial charge in [-0.3, -0.25) is 9.59 Å². The molecule has 0 aliphatic carbocycles. The summed E-state index contributed by atoms with van der Waals surface area (Å²) in [4.78, 5) is 36.6. The molecular weight excluding hydrogens is 454 g/mol. The number of aliphatic carboxylic acids is 1. The van der Waals surface area contributed by atoms with Gasteiger partial charge in [0, 0.05) is 56.6 Å². The number of halogens is 1. The Morgan fingerprint density at radius 2 is 1.88 bits per heavy atom. The zero-order chi connectivity index (χ0) is 24.4. The van der Waals surface area contributed by atoms with E-state index in [2.05, 4.69) is 20.2 Å². The van der Waals surface area contributed by atoms with E-state index in [1.54, 1.807) is 19.0 Å². The van der Waals surface area contributed by atoms with Crippen molar-refractivity contribution >= 4 is 40.7 Å². The van der Waals surface area contributed by atoms with Gasteiger partial charge in [-0.25, -0.2) is 9.97 Å². The number of likely N-dealkylation sites (N-methyl/N-ethyl adjacent to an activating group) is 1. The van der Waals surface area contributed by atoms with Crippen LogP contribution < -0.4 is 15.1 Å². The molecule has 8 nitrogen and oxygen atoms in total. The van der Waals surface area contributed by atoms with E-state index in [1.807, 2.05) is 49.5 Å². The number of aromatic nitrogens is 2. The number of fused-ring (bicyclic) bond motifs is 1. The molecule has 0 spiro atoms. The molecule has 1 aromatic heterocycles. The molecule has 1 amide bonds. The first-order chi connectivity index (χ1) is 16.2. The number of anilines is 3. The average molecular weight is 480 g/mol. The van der Waals surface area contributed by atoms with Crippen LogP contribution in [0.4, 0.5) is 17.2 Å². The van der Waals surface area contributed by atoms with E-state index in [9.17, 15) is 9.59 Å². The van der Waals surface area contributed by atoms with Crippen LogP contribution in [-0.4, -0.2) is 54.6 Å². The quantitative estimate of drug-likeness (QED) is 0.499. The molecule has 2 aromatic carbocycles. The van der Waals surface area contributed by atoms with Gasteiger partial charge in [-0.05, 0) is 41.8 Å². The Morgan fingerprint density at radius 3 is 2.56 bits per heavy atom. The third-order valence-corrected chi connectivity index (χ3v) is 6.09. The van der Waals surface area contributed by atoms with Crippen LogP contribution >= 0.6 is 11.6 Å². The van der Waals surface area contributed by atoms with Gasteiger partial charge in [0.1, 0.15) is 16.8 Å². The van der Waals surface area contributed by atoms with Gasteiger partial charge in [0.15, 0.2) is 0 Å². The molecule has 0 unspecified atom stereocenters. The van der Waals surface area contributed by atoms with Crippen molar-refractivity contribution in [2.45, 2.75) is 19.3 Å². The van der Waals surface area contributed by atoms with Gasteiger partial charge >= 0.3 is 5.97 Å². The highest BCUT2D eigenvalue weighted by Gasteiger charge is 2.19. The first-order valence-electron chi connectivity index (χ1n) is 10.9. The largest absolute Gasteiger partial charge is 0.481 e. The standard InChI is InChI=1S/C25H26ClN5O3/c1-30(2)24-19(14-22(32)33)23(26)28-21(29-24)12-15-4-8-18(9-5-15)27-25(34)17-7-6-16-10-11-31(3)20(16)13-17/h4-9,13H,10-12,14H2,1-3H3,(H,27,34)(H,32,33). The lowest BCUT2D eigenvalue weighted by molar-refractivity contribution is -0.136. The molecule has 0 atom stereocenters. The molecule has 1 aliphatic heterocycles. The molecule has 2 heterocycles. The lowest BCUT2D eigenvalue weighted by Gasteiger charge is -2.17. The normalized spacial score (nSPS) is 12.4. The summed E-state index contributed by atoms with van der Waals surface area (Å²) in [6.07, 6.45) is 1.17. The number of amides is 1. The fourth-order valence-corrected chi connectivity index (χ4v) is 4.26. The van der Waals surface area contributed by atoms with Gasteiger partial charge in [-0.2, -0.15) is 0 Å². The van der Waals surface area contributed by atoms with Gasteiger partial charge < -0.3 is 20.2 Å². The van der Waals surface area contributed by atoms with Crippen LogP contribution in [-0.2, 0) is 24.1 Å². The third-order valence-electron chi connectivity index (χ3n) is 5.78. The van der Waals surface area contributed by atoms with E-state index in [1.165, 1.54) is 5.56 Å². The smallest absolute Gasteiger partial charge is 0.308 e. The summed E-state index contributed by atoms with van der Waals surface area (Å²) in [5.41, 5.74) is 5.00. The zero-order valence-electron chi connectivity index (χ0n) is 19.3. The van der Waals surface area contributed by atoms with Gasteiger partial charge in [-0.15, -0.1) is 0 Å². The summed E-state index contributed by atoms with van der Waals surface area (Å²) >= 11 is 6.28. The highest BCUT2D eigenvalue weighted by Crippen LogP contribution is 2.28. The molecule has 34 heavy (non-hydrogen) atoms. The molecule has 0 saturated heterocycles. The predicted octanol–water partition coefficient (Wildman–Crippen LogP) is 3.66. The van der Waals surface area contributed by atoms with Crippen molar-refractivity contribution in [1.29, 1.82) is 0 Å². The van der Waals surface area contributed by atoms with E-state index in [0.717, 1.165) is 24.2 Å². The zero-order valence-corrected chi connectivity index (χ0v) is 20.1. The first kappa shape index (κ1) is 23.5. The van der Waals surface area contributed by atoms with Gasteiger partial charge in [0.2, 0.25) is 0 Å². The van der Waals surface area contributed by atoms with Crippen molar-refractivity contribution in [1.82, 2.24) is 9.97 Å². The number of carboxylic acid groups (broad SMARTS) is 1. The summed E-state index contributed by atoms with van der Waals surface area (Å²) in [6.45, 7) is 0.967. The fourth-order valence-electron chi connectivity index (χ4n) is 4.01. The Balaban J connectivity index is 1.46. The number of nitrogens with one attached hydrogen (secondary N) is 1. The van der Waals surface area contributed by atoms with E-state index in [0.29, 0.717) is 34.9 Å². The minimum absolute atomic E-state index is 0.139. The lowest BCUT2D eigenvalue weighted by atomic mass is 10.1. The number of nitrogens with zero attached hydrogens (tertiary/aromatic N) is 4. The minimum atomic E-state index is -0.995. The van der Waals surface area contributed by atoms with Crippen LogP contribution in [0.3, 0.4) is 0 Å². The Kier molecular flexibility index (Phi) is 6.70. The van der Waals surface area contributed by atoms with Crippen LogP contribution in [0.25, 0.3) is 0 Å². The molecule has 1 aliphatic rings. The number of carbonyl (C=O) groups excluding carboxylic acids is 1. The molecule has 2 N–H and O–H groups in total. The average Bonchev–Trinajstić information content (AvgIpc) is 3.16. The van der Waals surface area contributed by atoms with Crippen molar-refractivity contribution in [3.63, 3.8) is 0 Å². The monoisotopic (exact) mass is 479 g/mol. The van der Waals surface area contributed by atoms with E-state index < -0.39 is 5.97 Å². The second-order valence-electron chi connectivity index (χ2n) is 8.54. The SMILES string of the molecule is CN(C)c1nc(Cc2ccc(NC(=O)c3ccc4c(c3)N(C)CC4)cc2)nc(Cl)c1CC(=O)O. The minimum Gasteiger partial charge on any atom is -0.481 e. The molecular formula is C25H26ClN5O3. The number of hydrogen-bond acceptors (Lipinski definition) is 6. The first-order valence-corrected chi connectivity index (χ1v) is 11.3. The second kappa shape index (κ2) is 9.69. The molecule has 0 fully saturated rings. The van der Waals surface area contributed by atoms with E-state index >= 15 is 0 Å². The summed E-state index contributed by atoms with van der Waals surface area (Å²) in [5, 5.41) is 12.2. The van der Waals surface area contributed by atoms with E-state index in [-0.39, 0.29) is 17.5 Å². The number of benzene rings is 2. The number of carbonyl (C=O) groups is 2. The maximum atomic E-state index is 12.7. The molecule has 0 saturated carbocycles. The Morgan fingerprint density at radius 1 is 1.15 bits per heavy atom. The van der Waals surface area contributed by atoms with Crippen LogP contribution in [0, 0.1) is 0 Å². The van der Waals surface area contributed by atoms with Crippen molar-refractivity contribution in [3.05, 3.63) is 75.7 Å². The van der Waals surface area contributed by atoms with Gasteiger partial charge in [0.25, 0.3) is 5.91 Å². The maximum Gasteiger partial charge on any atom is 0.308 e. The summed E-state index contributed by atoms with van der Waals surface area (Å²) in [6, 6.07) is 13.3. The molecule has 4 rings (SSSR count). The third kappa shape index (κ3) is 5.12. The molecule has 0 bridgehead atoms. The van der Waals surface area contributed by atoms with Crippen LogP contribution in [0.2, 0.25) is 5.15 Å². The van der Waals surface area contributed by atoms with Crippen molar-refractivity contribution in [2.75, 3.05) is 42.8 Å². The maximum absolute atomic E-state index is 12.7. The highest BCUT2D eigenvalue weighted by atomic mass is 35.5. The molecule has 0 radical (unpaired) electrons. The fraction of sp³-hybridized carbons (Fsp3) is 0.280. The Hall–Kier alpha value is -3.65. The second-order valence-corrected chi connectivity index (χ2v) is 8.90. The highest BCUT2D eigenvalue weighted by molar-refractivity contribution is 6.30. The summed E-state index contributed by atoms with van der Waals surface area (Å²) in [5.74, 6) is -0.176. The molecule has 9 heteroatoms. The van der Waals surface area contributed by atoms with Gasteiger partial charge in [0.05, 0.1) is 6.42 Å². The Bertz CT molecular complexity index is 1240. The van der Waals surface area contributed by atoms with Gasteiger partial charge in [-0.1, -0.05) is 29.8 Å². The Labute approximate surface area is 203 Å². The number of carboxylic acids is 1. The lowest BCUT2D eigenvalue weighted by Crippen LogP contribution is -2.18. The topological polar surface area (TPSA) is 98.7 Å². The van der Waals surface area contributed by atoms with Crippen molar-refractivity contribution in [2.24, 2.45) is 0 Å². The molecule has 3 aromatic rings. The van der Waals surface area contributed by atoms with E-state index in [4.69, 9.17) is 16.7 Å². The predicted molar refractivity (Wildman–Crippen MR) is 133 cm³/mol. The number of hydrogen-bond donors (Lipinski definition) is 2. The van der Waals surface area contributed by atoms with Crippen LogP contribution in [0.15, 0.2) is 42.5 Å². The van der Waals surface area contributed by atoms with Crippen LogP contribution in [0.1, 0.15) is 32.9 Å². The summed E-state index contributed by atoms with van der Waals surface area (Å²) < 4.78 is 0. The molecule has 176 valence electrons. The summed E-state index contributed by atoms with van der Waals surface area (Å²) in [7, 11) is 5.60. The number of rotatable bonds is 7. The van der Waals surface area contributed by atoms with Crippen LogP contribution in [0.5, 0.6) is 0 Å². The van der Waals surface area contributed by atoms with Crippen molar-refractivity contribution in [3.8, 4) is 0 Å². The van der Waals surface area contributed by atoms with Crippen molar-refractivity contribution < 1.29 is 14.7 Å².